The van der Waals surface area contributed by atoms with Crippen LogP contribution in [0.3, 0.4) is 0 Å². The second kappa shape index (κ2) is 10.5. The van der Waals surface area contributed by atoms with Gasteiger partial charge in [-0.15, -0.1) is 0 Å². The van der Waals surface area contributed by atoms with Crippen LogP contribution in [0.1, 0.15) is 0 Å². The minimum absolute atomic E-state index is 0.704. The first-order valence-electron chi connectivity index (χ1n) is 16.2. The molecule has 0 fully saturated rings. The van der Waals surface area contributed by atoms with E-state index in [1.807, 2.05) is 24.3 Å². The third kappa shape index (κ3) is 4.03. The van der Waals surface area contributed by atoms with Crippen LogP contribution in [-0.4, -0.2) is 14.5 Å². The highest BCUT2D eigenvalue weighted by molar-refractivity contribution is 6.17. The fraction of sp³-hybridized carbons (Fsp3) is 0. The van der Waals surface area contributed by atoms with E-state index in [9.17, 15) is 0 Å². The summed E-state index contributed by atoms with van der Waals surface area (Å²) in [7, 11) is 0. The molecule has 0 bridgehead atoms. The summed E-state index contributed by atoms with van der Waals surface area (Å²) in [6, 6.07) is 57.1. The summed E-state index contributed by atoms with van der Waals surface area (Å²) >= 11 is 0. The van der Waals surface area contributed by atoms with Crippen molar-refractivity contribution in [1.82, 2.24) is 14.5 Å². The number of hydrogen-bond donors (Lipinski definition) is 0. The molecule has 10 rings (SSSR count). The summed E-state index contributed by atoms with van der Waals surface area (Å²) in [5.74, 6) is 0.704. The van der Waals surface area contributed by atoms with Gasteiger partial charge < -0.3 is 8.98 Å². The standard InChI is InChI=1S/C44H27N3O/c1-3-13-28(14-4-1)30-25-26-38-35(27-30)31-17-8-10-22-37(31)47(38)39-23-11-20-34-41-33(19-12-24-40(41)48-43(34)39)42-32-18-7-9-21-36(32)45-44(46-42)29-15-5-2-6-16-29/h1-27H. The van der Waals surface area contributed by atoms with E-state index in [0.717, 1.165) is 66.4 Å². The van der Waals surface area contributed by atoms with Gasteiger partial charge in [-0.2, -0.15) is 0 Å². The molecule has 0 aliphatic carbocycles. The number of para-hydroxylation sites is 3. The van der Waals surface area contributed by atoms with E-state index in [0.29, 0.717) is 5.82 Å². The summed E-state index contributed by atoms with van der Waals surface area (Å²) in [5.41, 5.74) is 11.2. The van der Waals surface area contributed by atoms with Crippen LogP contribution in [0.15, 0.2) is 168 Å². The van der Waals surface area contributed by atoms with Crippen molar-refractivity contribution < 1.29 is 4.42 Å². The van der Waals surface area contributed by atoms with E-state index in [1.165, 1.54) is 21.9 Å². The highest BCUT2D eigenvalue weighted by Gasteiger charge is 2.21. The van der Waals surface area contributed by atoms with Gasteiger partial charge in [-0.25, -0.2) is 9.97 Å². The molecule has 3 heterocycles. The maximum atomic E-state index is 6.82. The topological polar surface area (TPSA) is 43.9 Å². The molecule has 0 saturated heterocycles. The summed E-state index contributed by atoms with van der Waals surface area (Å²) in [6.07, 6.45) is 0. The molecule has 48 heavy (non-hydrogen) atoms. The summed E-state index contributed by atoms with van der Waals surface area (Å²) in [4.78, 5) is 10.2. The molecule has 4 nitrogen and oxygen atoms in total. The highest BCUT2D eigenvalue weighted by Crippen LogP contribution is 2.42. The number of benzene rings is 7. The normalized spacial score (nSPS) is 11.8. The molecular weight excluding hydrogens is 587 g/mol. The van der Waals surface area contributed by atoms with Crippen LogP contribution in [0, 0.1) is 0 Å². The second-order valence-corrected chi connectivity index (χ2v) is 12.2. The Morgan fingerprint density at radius 2 is 1.15 bits per heavy atom. The molecule has 3 aromatic heterocycles. The van der Waals surface area contributed by atoms with E-state index < -0.39 is 0 Å². The first-order valence-corrected chi connectivity index (χ1v) is 16.2. The van der Waals surface area contributed by atoms with Crippen LogP contribution in [0.5, 0.6) is 0 Å². The van der Waals surface area contributed by atoms with Gasteiger partial charge in [-0.3, -0.25) is 0 Å². The Morgan fingerprint density at radius 1 is 0.458 bits per heavy atom. The lowest BCUT2D eigenvalue weighted by molar-refractivity contribution is 0.666. The fourth-order valence-electron chi connectivity index (χ4n) is 7.25. The number of rotatable bonds is 4. The van der Waals surface area contributed by atoms with Crippen LogP contribution < -0.4 is 0 Å². The van der Waals surface area contributed by atoms with Gasteiger partial charge in [0.25, 0.3) is 0 Å². The van der Waals surface area contributed by atoms with Crippen molar-refractivity contribution in [3.05, 3.63) is 164 Å². The predicted octanol–water partition coefficient (Wildman–Crippen LogP) is 11.6. The monoisotopic (exact) mass is 613 g/mol. The van der Waals surface area contributed by atoms with Gasteiger partial charge >= 0.3 is 0 Å². The van der Waals surface area contributed by atoms with Crippen molar-refractivity contribution >= 4 is 54.6 Å². The number of hydrogen-bond acceptors (Lipinski definition) is 3. The Labute approximate surface area is 276 Å². The first kappa shape index (κ1) is 26.7. The van der Waals surface area contributed by atoms with Crippen molar-refractivity contribution in [3.8, 4) is 39.5 Å². The summed E-state index contributed by atoms with van der Waals surface area (Å²) < 4.78 is 9.17. The van der Waals surface area contributed by atoms with Crippen LogP contribution in [0.4, 0.5) is 0 Å². The van der Waals surface area contributed by atoms with Crippen molar-refractivity contribution in [2.24, 2.45) is 0 Å². The van der Waals surface area contributed by atoms with Crippen LogP contribution in [0.25, 0.3) is 94.1 Å². The lowest BCUT2D eigenvalue weighted by Gasteiger charge is -2.11. The zero-order valence-electron chi connectivity index (χ0n) is 25.8. The summed E-state index contributed by atoms with van der Waals surface area (Å²) in [6.45, 7) is 0. The van der Waals surface area contributed by atoms with Crippen molar-refractivity contribution in [3.63, 3.8) is 0 Å². The van der Waals surface area contributed by atoms with E-state index in [4.69, 9.17) is 14.4 Å². The Hall–Kier alpha value is -6.52. The van der Waals surface area contributed by atoms with Gasteiger partial charge in [0.2, 0.25) is 0 Å². The molecule has 0 atom stereocenters. The molecule has 0 aliphatic rings. The lowest BCUT2D eigenvalue weighted by Crippen LogP contribution is -1.95. The Kier molecular flexibility index (Phi) is 5.84. The third-order valence-corrected chi connectivity index (χ3v) is 9.41. The van der Waals surface area contributed by atoms with Gasteiger partial charge in [0.15, 0.2) is 11.4 Å². The zero-order chi connectivity index (χ0) is 31.6. The van der Waals surface area contributed by atoms with Crippen LogP contribution in [-0.2, 0) is 0 Å². The van der Waals surface area contributed by atoms with Gasteiger partial charge in [-0.1, -0.05) is 127 Å². The molecule has 0 radical (unpaired) electrons. The minimum Gasteiger partial charge on any atom is -0.454 e. The largest absolute Gasteiger partial charge is 0.454 e. The highest BCUT2D eigenvalue weighted by atomic mass is 16.3. The molecule has 0 amide bonds. The van der Waals surface area contributed by atoms with Crippen LogP contribution in [0.2, 0.25) is 0 Å². The molecule has 224 valence electrons. The molecule has 0 saturated carbocycles. The Morgan fingerprint density at radius 3 is 2.00 bits per heavy atom. The number of aromatic nitrogens is 3. The average Bonchev–Trinajstić information content (AvgIpc) is 3.71. The van der Waals surface area contributed by atoms with Crippen molar-refractivity contribution in [2.75, 3.05) is 0 Å². The molecule has 0 N–H and O–H groups in total. The van der Waals surface area contributed by atoms with Gasteiger partial charge in [0, 0.05) is 38.1 Å². The summed E-state index contributed by atoms with van der Waals surface area (Å²) in [5, 5.41) is 5.52. The number of furan rings is 1. The van der Waals surface area contributed by atoms with E-state index >= 15 is 0 Å². The predicted molar refractivity (Wildman–Crippen MR) is 197 cm³/mol. The molecule has 10 aromatic rings. The zero-order valence-corrected chi connectivity index (χ0v) is 25.8. The smallest absolute Gasteiger partial charge is 0.160 e. The first-order chi connectivity index (χ1) is 23.8. The second-order valence-electron chi connectivity index (χ2n) is 12.2. The van der Waals surface area contributed by atoms with E-state index in [2.05, 4.69) is 144 Å². The maximum Gasteiger partial charge on any atom is 0.160 e. The Bertz CT molecular complexity index is 2830. The quantitative estimate of drug-likeness (QED) is 0.198. The average molecular weight is 614 g/mol. The van der Waals surface area contributed by atoms with E-state index in [-0.39, 0.29) is 0 Å². The van der Waals surface area contributed by atoms with Gasteiger partial charge in [0.05, 0.1) is 27.9 Å². The minimum atomic E-state index is 0.704. The van der Waals surface area contributed by atoms with Crippen molar-refractivity contribution in [1.29, 1.82) is 0 Å². The number of nitrogens with zero attached hydrogens (tertiary/aromatic N) is 3. The van der Waals surface area contributed by atoms with Gasteiger partial charge in [-0.05, 0) is 47.5 Å². The molecule has 0 spiro atoms. The molecule has 7 aromatic carbocycles. The molecule has 0 aliphatic heterocycles. The molecule has 4 heteroatoms. The third-order valence-electron chi connectivity index (χ3n) is 9.41. The fourth-order valence-corrected chi connectivity index (χ4v) is 7.25. The lowest BCUT2D eigenvalue weighted by atomic mass is 10.00. The van der Waals surface area contributed by atoms with Gasteiger partial charge in [0.1, 0.15) is 5.58 Å². The van der Waals surface area contributed by atoms with E-state index in [1.54, 1.807) is 0 Å². The Balaban J connectivity index is 1.24. The SMILES string of the molecule is c1ccc(-c2ccc3c(c2)c2ccccc2n3-c2cccc3c2oc2cccc(-c4nc(-c5ccccc5)nc5ccccc45)c23)cc1. The van der Waals surface area contributed by atoms with Crippen molar-refractivity contribution in [2.45, 2.75) is 0 Å². The maximum absolute atomic E-state index is 6.82. The molecule has 0 unspecified atom stereocenters. The van der Waals surface area contributed by atoms with Crippen LogP contribution >= 0.6 is 0 Å². The molecular formula is C44H27N3O. The number of fused-ring (bicyclic) bond motifs is 7.